The zero-order valence-electron chi connectivity index (χ0n) is 17.3. The SMILES string of the molecule is C=CCN(CC=C)Cc1nc([C@H]2N=CN3c4ccc(F)c(Cl)c4C(=O)N4CCC4C23)no1. The summed E-state index contributed by atoms with van der Waals surface area (Å²) in [7, 11) is 0. The summed E-state index contributed by atoms with van der Waals surface area (Å²) in [6.45, 7) is 9.91. The van der Waals surface area contributed by atoms with Crippen molar-refractivity contribution >= 4 is 29.5 Å². The third-order valence-electron chi connectivity index (χ3n) is 6.16. The molecule has 4 heterocycles. The molecule has 1 aromatic carbocycles. The standard InChI is InChI=1S/C22H22ClFN6O2/c1-3-8-28(9-4-2)11-16-26-21(27-32-16)19-20-15-7-10-29(15)22(31)17-14(30(20)12-25-19)6-5-13(24)18(17)23/h3-6,12,15,19-20H,1-2,7-11H2/t15?,19-,20?/m0/s1. The van der Waals surface area contributed by atoms with Gasteiger partial charge in [0.2, 0.25) is 5.89 Å². The van der Waals surface area contributed by atoms with Crippen LogP contribution in [0, 0.1) is 5.82 Å². The van der Waals surface area contributed by atoms with Crippen molar-refractivity contribution < 1.29 is 13.7 Å². The molecule has 0 aliphatic carbocycles. The summed E-state index contributed by atoms with van der Waals surface area (Å²) in [6, 6.07) is 2.09. The molecule has 166 valence electrons. The predicted octanol–water partition coefficient (Wildman–Crippen LogP) is 3.22. The number of anilines is 1. The first-order chi connectivity index (χ1) is 15.5. The van der Waals surface area contributed by atoms with Crippen molar-refractivity contribution in [2.24, 2.45) is 4.99 Å². The first kappa shape index (κ1) is 20.8. The highest BCUT2D eigenvalue weighted by Gasteiger charge is 2.52. The van der Waals surface area contributed by atoms with Gasteiger partial charge < -0.3 is 14.3 Å². The van der Waals surface area contributed by atoms with Crippen molar-refractivity contribution in [2.45, 2.75) is 31.1 Å². The Balaban J connectivity index is 1.47. The van der Waals surface area contributed by atoms with Gasteiger partial charge in [-0.2, -0.15) is 4.98 Å². The number of hydrogen-bond donors (Lipinski definition) is 0. The van der Waals surface area contributed by atoms with Crippen LogP contribution in [0.4, 0.5) is 10.1 Å². The monoisotopic (exact) mass is 456 g/mol. The van der Waals surface area contributed by atoms with Crippen LogP contribution >= 0.6 is 11.6 Å². The van der Waals surface area contributed by atoms with Gasteiger partial charge in [-0.05, 0) is 18.6 Å². The average Bonchev–Trinajstić information content (AvgIpc) is 3.35. The molecule has 1 amide bonds. The Kier molecular flexibility index (Phi) is 5.30. The number of nitrogens with zero attached hydrogens (tertiary/aromatic N) is 6. The van der Waals surface area contributed by atoms with Crippen LogP contribution in [0.2, 0.25) is 5.02 Å². The molecule has 0 radical (unpaired) electrons. The van der Waals surface area contributed by atoms with Crippen LogP contribution in [-0.2, 0) is 6.54 Å². The fourth-order valence-electron chi connectivity index (χ4n) is 4.63. The molecule has 32 heavy (non-hydrogen) atoms. The van der Waals surface area contributed by atoms with Gasteiger partial charge in [-0.3, -0.25) is 14.7 Å². The smallest absolute Gasteiger partial charge is 0.257 e. The van der Waals surface area contributed by atoms with Crippen molar-refractivity contribution in [3.05, 3.63) is 65.6 Å². The highest BCUT2D eigenvalue weighted by atomic mass is 35.5. The Labute approximate surface area is 189 Å². The van der Waals surface area contributed by atoms with Crippen LogP contribution < -0.4 is 4.90 Å². The van der Waals surface area contributed by atoms with Gasteiger partial charge in [-0.15, -0.1) is 13.2 Å². The molecule has 0 bridgehead atoms. The fourth-order valence-corrected chi connectivity index (χ4v) is 4.87. The van der Waals surface area contributed by atoms with E-state index in [1.165, 1.54) is 6.07 Å². The van der Waals surface area contributed by atoms with E-state index in [-0.39, 0.29) is 28.6 Å². The molecule has 0 N–H and O–H groups in total. The minimum Gasteiger partial charge on any atom is -0.338 e. The lowest BCUT2D eigenvalue weighted by molar-refractivity contribution is 0.0406. The fraction of sp³-hybridized carbons (Fsp3) is 0.364. The van der Waals surface area contributed by atoms with E-state index in [2.05, 4.69) is 33.2 Å². The second-order valence-electron chi connectivity index (χ2n) is 8.04. The van der Waals surface area contributed by atoms with Gasteiger partial charge in [0.15, 0.2) is 5.82 Å². The number of hydrogen-bond acceptors (Lipinski definition) is 7. The number of rotatable bonds is 7. The molecule has 1 saturated heterocycles. The third kappa shape index (κ3) is 3.23. The molecular formula is C22H22ClFN6O2. The lowest BCUT2D eigenvalue weighted by Crippen LogP contribution is -2.59. The molecule has 2 aromatic rings. The summed E-state index contributed by atoms with van der Waals surface area (Å²) in [4.78, 5) is 28.0. The van der Waals surface area contributed by atoms with Crippen molar-refractivity contribution in [3.63, 3.8) is 0 Å². The van der Waals surface area contributed by atoms with E-state index in [0.717, 1.165) is 6.42 Å². The average molecular weight is 457 g/mol. The summed E-state index contributed by atoms with van der Waals surface area (Å²) in [6.07, 6.45) is 6.07. The first-order valence-electron chi connectivity index (χ1n) is 10.4. The van der Waals surface area contributed by atoms with Crippen molar-refractivity contribution in [1.29, 1.82) is 0 Å². The molecule has 10 heteroatoms. The predicted molar refractivity (Wildman–Crippen MR) is 118 cm³/mol. The largest absolute Gasteiger partial charge is 0.338 e. The third-order valence-corrected chi connectivity index (χ3v) is 6.53. The minimum atomic E-state index is -0.617. The van der Waals surface area contributed by atoms with Gasteiger partial charge in [0, 0.05) is 19.6 Å². The number of carbonyl (C=O) groups is 1. The molecule has 1 aromatic heterocycles. The molecule has 8 nitrogen and oxygen atoms in total. The van der Waals surface area contributed by atoms with E-state index >= 15 is 0 Å². The lowest BCUT2D eigenvalue weighted by atomic mass is 9.90. The Morgan fingerprint density at radius 1 is 1.31 bits per heavy atom. The zero-order valence-corrected chi connectivity index (χ0v) is 18.1. The quantitative estimate of drug-likeness (QED) is 0.595. The molecule has 3 atom stereocenters. The van der Waals surface area contributed by atoms with Crippen LogP contribution in [0.5, 0.6) is 0 Å². The van der Waals surface area contributed by atoms with Gasteiger partial charge >= 0.3 is 0 Å². The topological polar surface area (TPSA) is 78.1 Å². The van der Waals surface area contributed by atoms with Crippen molar-refractivity contribution in [1.82, 2.24) is 19.9 Å². The van der Waals surface area contributed by atoms with E-state index in [0.29, 0.717) is 43.6 Å². The number of amides is 1. The number of carbonyl (C=O) groups excluding carboxylic acids is 1. The number of aromatic nitrogens is 2. The molecule has 3 aliphatic rings. The molecule has 0 spiro atoms. The van der Waals surface area contributed by atoms with Crippen molar-refractivity contribution in [2.75, 3.05) is 24.5 Å². The minimum absolute atomic E-state index is 0.110. The van der Waals surface area contributed by atoms with Crippen LogP contribution in [0.15, 0.2) is 47.0 Å². The Bertz CT molecular complexity index is 1110. The summed E-state index contributed by atoms with van der Waals surface area (Å²) < 4.78 is 19.7. The molecule has 2 unspecified atom stereocenters. The summed E-state index contributed by atoms with van der Waals surface area (Å²) in [5.74, 6) is 0.0453. The normalized spacial score (nSPS) is 23.5. The molecule has 0 saturated carbocycles. The second-order valence-corrected chi connectivity index (χ2v) is 8.41. The summed E-state index contributed by atoms with van der Waals surface area (Å²) in [5, 5.41) is 4.02. The van der Waals surface area contributed by atoms with E-state index < -0.39 is 11.9 Å². The molecule has 1 fully saturated rings. The Hall–Kier alpha value is -3.04. The highest BCUT2D eigenvalue weighted by molar-refractivity contribution is 6.35. The van der Waals surface area contributed by atoms with Crippen LogP contribution in [-0.4, -0.2) is 63.9 Å². The number of fused-ring (bicyclic) bond motifs is 5. The number of benzene rings is 1. The van der Waals surface area contributed by atoms with Crippen LogP contribution in [0.3, 0.4) is 0 Å². The zero-order chi connectivity index (χ0) is 22.4. The lowest BCUT2D eigenvalue weighted by Gasteiger charge is -2.45. The number of aliphatic imine (C=N–C) groups is 1. The highest BCUT2D eigenvalue weighted by Crippen LogP contribution is 2.45. The van der Waals surface area contributed by atoms with Gasteiger partial charge in [0.1, 0.15) is 11.9 Å². The molecular weight excluding hydrogens is 435 g/mol. The van der Waals surface area contributed by atoms with Crippen LogP contribution in [0.1, 0.15) is 34.5 Å². The Morgan fingerprint density at radius 3 is 2.78 bits per heavy atom. The molecule has 3 aliphatic heterocycles. The van der Waals surface area contributed by atoms with E-state index in [9.17, 15) is 9.18 Å². The maximum Gasteiger partial charge on any atom is 0.257 e. The van der Waals surface area contributed by atoms with Gasteiger partial charge in [0.25, 0.3) is 5.91 Å². The maximum absolute atomic E-state index is 14.2. The number of halogens is 2. The first-order valence-corrected chi connectivity index (χ1v) is 10.8. The maximum atomic E-state index is 14.2. The molecule has 5 rings (SSSR count). The van der Waals surface area contributed by atoms with Gasteiger partial charge in [-0.1, -0.05) is 28.9 Å². The Morgan fingerprint density at radius 2 is 2.09 bits per heavy atom. The summed E-state index contributed by atoms with van der Waals surface area (Å²) >= 11 is 6.21. The van der Waals surface area contributed by atoms with E-state index in [1.54, 1.807) is 29.5 Å². The van der Waals surface area contributed by atoms with Crippen molar-refractivity contribution in [3.8, 4) is 0 Å². The van der Waals surface area contributed by atoms with E-state index in [1.807, 2.05) is 4.90 Å². The van der Waals surface area contributed by atoms with Gasteiger partial charge in [0.05, 0.1) is 41.2 Å². The van der Waals surface area contributed by atoms with Gasteiger partial charge in [-0.25, -0.2) is 4.39 Å². The van der Waals surface area contributed by atoms with Crippen LogP contribution in [0.25, 0.3) is 0 Å². The summed E-state index contributed by atoms with van der Waals surface area (Å²) in [5.41, 5.74) is 0.711. The second kappa shape index (κ2) is 8.14. The van der Waals surface area contributed by atoms with E-state index in [4.69, 9.17) is 16.1 Å².